The number of non-ortho nitro benzene ring substituents is 2. The number of nitrogens with zero attached hydrogens (tertiary/aromatic N) is 3. The van der Waals surface area contributed by atoms with Crippen molar-refractivity contribution in [3.05, 3.63) is 79.9 Å². The van der Waals surface area contributed by atoms with Gasteiger partial charge in [-0.2, -0.15) is 8.42 Å². The molecule has 1 N–H and O–H groups in total. The van der Waals surface area contributed by atoms with Crippen molar-refractivity contribution >= 4 is 39.6 Å². The van der Waals surface area contributed by atoms with Crippen molar-refractivity contribution in [3.8, 4) is 0 Å². The van der Waals surface area contributed by atoms with Crippen molar-refractivity contribution in [2.24, 2.45) is 0 Å². The van der Waals surface area contributed by atoms with Gasteiger partial charge in [-0.05, 0) is 41.8 Å². The highest BCUT2D eigenvalue weighted by Crippen LogP contribution is 2.28. The van der Waals surface area contributed by atoms with Crippen LogP contribution in [0.25, 0.3) is 0 Å². The van der Waals surface area contributed by atoms with Crippen LogP contribution in [0.3, 0.4) is 0 Å². The zero-order chi connectivity index (χ0) is 33.1. The third kappa shape index (κ3) is 11.6. The number of hydrogen-bond donors (Lipinski definition) is 1. The monoisotopic (exact) mass is 652 g/mol. The molecule has 2 aromatic rings. The van der Waals surface area contributed by atoms with Crippen molar-refractivity contribution < 1.29 is 51.0 Å². The molecule has 0 spiro atoms. The molecule has 1 saturated heterocycles. The van der Waals surface area contributed by atoms with Crippen LogP contribution in [-0.2, 0) is 46.5 Å². The molecule has 244 valence electrons. The van der Waals surface area contributed by atoms with Gasteiger partial charge in [-0.15, -0.1) is 0 Å². The Balaban J connectivity index is 1.58. The molecule has 17 nitrogen and oxygen atoms in total. The average molecular weight is 653 g/mol. The molecule has 0 aliphatic carbocycles. The summed E-state index contributed by atoms with van der Waals surface area (Å²) in [6, 6.07) is 10.2. The minimum Gasteiger partial charge on any atom is -0.462 e. The second-order valence-corrected chi connectivity index (χ2v) is 11.7. The predicted molar refractivity (Wildman–Crippen MR) is 154 cm³/mol. The average Bonchev–Trinajstić information content (AvgIpc) is 3.35. The van der Waals surface area contributed by atoms with E-state index < -0.39 is 56.4 Å². The molecular formula is C27H32N4O13S. The fraction of sp³-hybridized carbons (Fsp3) is 0.444. The van der Waals surface area contributed by atoms with Gasteiger partial charge >= 0.3 is 18.2 Å². The fourth-order valence-electron chi connectivity index (χ4n) is 4.59. The smallest absolute Gasteiger partial charge is 0.410 e. The molecule has 0 unspecified atom stereocenters. The Hall–Kier alpha value is -4.84. The number of alkyl carbamates (subject to hydrolysis) is 1. The van der Waals surface area contributed by atoms with Gasteiger partial charge in [0.15, 0.2) is 0 Å². The first kappa shape index (κ1) is 34.6. The van der Waals surface area contributed by atoms with Crippen LogP contribution in [-0.4, -0.2) is 78.9 Å². The second kappa shape index (κ2) is 15.8. The second-order valence-electron chi connectivity index (χ2n) is 10.1. The number of carbonyl (C=O) groups is 3. The van der Waals surface area contributed by atoms with Crippen LogP contribution in [0, 0.1) is 20.2 Å². The Morgan fingerprint density at radius 2 is 1.49 bits per heavy atom. The zero-order valence-electron chi connectivity index (χ0n) is 24.4. The third-order valence-electron chi connectivity index (χ3n) is 6.55. The number of nitro groups is 2. The molecule has 3 rings (SSSR count). The van der Waals surface area contributed by atoms with Gasteiger partial charge in [0.2, 0.25) is 0 Å². The Labute approximate surface area is 257 Å². The molecule has 1 aliphatic heterocycles. The van der Waals surface area contributed by atoms with E-state index in [9.17, 15) is 43.0 Å². The maximum atomic E-state index is 13.0. The highest BCUT2D eigenvalue weighted by molar-refractivity contribution is 7.86. The number of rotatable bonds is 14. The van der Waals surface area contributed by atoms with Crippen LogP contribution in [0.4, 0.5) is 21.0 Å². The summed E-state index contributed by atoms with van der Waals surface area (Å²) in [4.78, 5) is 58.8. The lowest BCUT2D eigenvalue weighted by Gasteiger charge is -2.27. The van der Waals surface area contributed by atoms with E-state index in [4.69, 9.17) is 18.4 Å². The number of likely N-dealkylation sites (tertiary alicyclic amines) is 1. The first-order valence-corrected chi connectivity index (χ1v) is 15.4. The van der Waals surface area contributed by atoms with Gasteiger partial charge in [-0.3, -0.25) is 29.2 Å². The van der Waals surface area contributed by atoms with Crippen LogP contribution >= 0.6 is 0 Å². The summed E-state index contributed by atoms with van der Waals surface area (Å²) in [7, 11) is -3.86. The molecule has 18 heteroatoms. The highest BCUT2D eigenvalue weighted by Gasteiger charge is 2.40. The topological polar surface area (TPSA) is 224 Å². The quantitative estimate of drug-likeness (QED) is 0.102. The van der Waals surface area contributed by atoms with Crippen molar-refractivity contribution in [1.82, 2.24) is 10.2 Å². The predicted octanol–water partition coefficient (Wildman–Crippen LogP) is 3.20. The maximum absolute atomic E-state index is 13.0. The summed E-state index contributed by atoms with van der Waals surface area (Å²) < 4.78 is 44.5. The maximum Gasteiger partial charge on any atom is 0.410 e. The van der Waals surface area contributed by atoms with E-state index >= 15 is 0 Å². The van der Waals surface area contributed by atoms with E-state index in [0.717, 1.165) is 6.26 Å². The van der Waals surface area contributed by atoms with Crippen molar-refractivity contribution in [2.45, 2.75) is 57.6 Å². The summed E-state index contributed by atoms with van der Waals surface area (Å²) in [6.45, 7) is 0.725. The molecule has 2 aromatic carbocycles. The van der Waals surface area contributed by atoms with Gasteiger partial charge in [0, 0.05) is 56.6 Å². The van der Waals surface area contributed by atoms with E-state index in [0.29, 0.717) is 11.1 Å². The van der Waals surface area contributed by atoms with E-state index in [1.165, 1.54) is 60.4 Å². The first-order chi connectivity index (χ1) is 21.2. The van der Waals surface area contributed by atoms with Gasteiger partial charge < -0.3 is 24.4 Å². The highest BCUT2D eigenvalue weighted by atomic mass is 32.2. The summed E-state index contributed by atoms with van der Waals surface area (Å²) in [5, 5.41) is 24.2. The molecular weight excluding hydrogens is 620 g/mol. The Morgan fingerprint density at radius 3 is 1.98 bits per heavy atom. The summed E-state index contributed by atoms with van der Waals surface area (Å²) in [6.07, 6.45) is -2.12. The lowest BCUT2D eigenvalue weighted by molar-refractivity contribution is -0.385. The van der Waals surface area contributed by atoms with Crippen LogP contribution < -0.4 is 5.32 Å². The molecule has 1 fully saturated rings. The van der Waals surface area contributed by atoms with Gasteiger partial charge in [0.1, 0.15) is 19.3 Å². The van der Waals surface area contributed by atoms with Crippen LogP contribution in [0.2, 0.25) is 0 Å². The lowest BCUT2D eigenvalue weighted by Crippen LogP contribution is -2.39. The molecule has 45 heavy (non-hydrogen) atoms. The number of nitro benzene ring substituents is 2. The standard InChI is InChI=1S/C27H32N4O13S/c1-18(32)43-24(11-12-28-26(33)41-16-19-3-7-21(8-4-19)30(35)36)13-23-14-25(44-45(2,39)40)15-29(23)27(34)42-17-20-5-9-22(10-6-20)31(37)38/h3-10,23-25H,11-17H2,1-2H3,(H,28,33)/t23-,24-,25-/m1/s1. The van der Waals surface area contributed by atoms with Crippen LogP contribution in [0.1, 0.15) is 37.3 Å². The van der Waals surface area contributed by atoms with Gasteiger partial charge in [-0.1, -0.05) is 0 Å². The number of hydrogen-bond acceptors (Lipinski definition) is 13. The van der Waals surface area contributed by atoms with Gasteiger partial charge in [0.05, 0.1) is 28.8 Å². The number of benzene rings is 2. The molecule has 3 atom stereocenters. The number of amides is 2. The third-order valence-corrected chi connectivity index (χ3v) is 7.17. The zero-order valence-corrected chi connectivity index (χ0v) is 25.2. The normalized spacial score (nSPS) is 16.8. The summed E-state index contributed by atoms with van der Waals surface area (Å²) >= 11 is 0. The Kier molecular flexibility index (Phi) is 12.1. The number of ether oxygens (including phenoxy) is 3. The van der Waals surface area contributed by atoms with E-state index in [-0.39, 0.29) is 56.9 Å². The lowest BCUT2D eigenvalue weighted by atomic mass is 10.0. The van der Waals surface area contributed by atoms with E-state index in [1.807, 2.05) is 0 Å². The summed E-state index contributed by atoms with van der Waals surface area (Å²) in [5.41, 5.74) is 0.779. The van der Waals surface area contributed by atoms with Gasteiger partial charge in [-0.25, -0.2) is 9.59 Å². The number of carbonyl (C=O) groups excluding carboxylic acids is 3. The van der Waals surface area contributed by atoms with E-state index in [2.05, 4.69) is 5.32 Å². The minimum absolute atomic E-state index is 0.0115. The molecule has 0 saturated carbocycles. The molecule has 0 aromatic heterocycles. The Bertz CT molecular complexity index is 1480. The van der Waals surface area contributed by atoms with Crippen LogP contribution in [0.15, 0.2) is 48.5 Å². The first-order valence-electron chi connectivity index (χ1n) is 13.6. The Morgan fingerprint density at radius 1 is 0.956 bits per heavy atom. The molecule has 2 amide bonds. The molecule has 1 aliphatic rings. The molecule has 0 bridgehead atoms. The van der Waals surface area contributed by atoms with Crippen molar-refractivity contribution in [3.63, 3.8) is 0 Å². The molecule has 1 heterocycles. The molecule has 0 radical (unpaired) electrons. The van der Waals surface area contributed by atoms with Gasteiger partial charge in [0.25, 0.3) is 21.5 Å². The largest absolute Gasteiger partial charge is 0.462 e. The van der Waals surface area contributed by atoms with Crippen molar-refractivity contribution in [1.29, 1.82) is 0 Å². The van der Waals surface area contributed by atoms with Crippen LogP contribution in [0.5, 0.6) is 0 Å². The minimum atomic E-state index is -3.86. The SMILES string of the molecule is CC(=O)O[C@H](CCNC(=O)OCc1ccc([N+](=O)[O-])cc1)C[C@@H]1C[C@@H](OS(C)(=O)=O)CN1C(=O)OCc1ccc([N+](=O)[O-])cc1. The van der Waals surface area contributed by atoms with E-state index in [1.54, 1.807) is 0 Å². The fourth-order valence-corrected chi connectivity index (χ4v) is 5.23. The number of esters is 1. The number of nitrogens with one attached hydrogen (secondary N) is 1. The van der Waals surface area contributed by atoms with Crippen molar-refractivity contribution in [2.75, 3.05) is 19.3 Å². The summed E-state index contributed by atoms with van der Waals surface area (Å²) in [5.74, 6) is -0.616.